The molecule has 0 atom stereocenters. The molecule has 0 amide bonds. The molecule has 0 spiro atoms. The zero-order valence-corrected chi connectivity index (χ0v) is 11.3. The Labute approximate surface area is 110 Å². The molecule has 2 aromatic rings. The highest BCUT2D eigenvalue weighted by atomic mass is 16.2. The van der Waals surface area contributed by atoms with Gasteiger partial charge in [-0.15, -0.1) is 0 Å². The average molecular weight is 245 g/mol. The Kier molecular flexibility index (Phi) is 6.89. The first kappa shape index (κ1) is 14.5. The lowest BCUT2D eigenvalue weighted by Crippen LogP contribution is -1.95. The SMILES string of the molecule is CC.OCCCc1cc[nH]c1Cc1ccccc1. The van der Waals surface area contributed by atoms with Gasteiger partial charge in [-0.1, -0.05) is 44.2 Å². The molecule has 1 aromatic heterocycles. The van der Waals surface area contributed by atoms with Crippen LogP contribution in [0, 0.1) is 0 Å². The van der Waals surface area contributed by atoms with Crippen LogP contribution in [0.5, 0.6) is 0 Å². The Morgan fingerprint density at radius 3 is 2.44 bits per heavy atom. The molecule has 0 fully saturated rings. The minimum atomic E-state index is 0.260. The second kappa shape index (κ2) is 8.54. The summed E-state index contributed by atoms with van der Waals surface area (Å²) < 4.78 is 0. The molecular formula is C16H23NO. The summed E-state index contributed by atoms with van der Waals surface area (Å²) in [6.45, 7) is 4.26. The zero-order chi connectivity index (χ0) is 13.2. The van der Waals surface area contributed by atoms with Gasteiger partial charge in [0.05, 0.1) is 0 Å². The average Bonchev–Trinajstić information content (AvgIpc) is 2.87. The molecule has 0 unspecified atom stereocenters. The molecule has 0 saturated heterocycles. The summed E-state index contributed by atoms with van der Waals surface area (Å²) in [4.78, 5) is 3.28. The minimum absolute atomic E-state index is 0.260. The molecule has 0 aliphatic carbocycles. The highest BCUT2D eigenvalue weighted by Gasteiger charge is 2.04. The van der Waals surface area contributed by atoms with Gasteiger partial charge in [-0.05, 0) is 30.0 Å². The summed E-state index contributed by atoms with van der Waals surface area (Å²) in [6.07, 6.45) is 4.70. The molecular weight excluding hydrogens is 222 g/mol. The summed E-state index contributed by atoms with van der Waals surface area (Å²) in [5, 5.41) is 8.84. The number of nitrogens with one attached hydrogen (secondary N) is 1. The van der Waals surface area contributed by atoms with Crippen LogP contribution < -0.4 is 0 Å². The van der Waals surface area contributed by atoms with Crippen LogP contribution in [0.2, 0.25) is 0 Å². The van der Waals surface area contributed by atoms with Crippen LogP contribution >= 0.6 is 0 Å². The lowest BCUT2D eigenvalue weighted by Gasteiger charge is -2.03. The van der Waals surface area contributed by atoms with E-state index in [1.165, 1.54) is 16.8 Å². The van der Waals surface area contributed by atoms with E-state index >= 15 is 0 Å². The summed E-state index contributed by atoms with van der Waals surface area (Å²) in [5.74, 6) is 0. The van der Waals surface area contributed by atoms with E-state index in [1.54, 1.807) is 0 Å². The zero-order valence-electron chi connectivity index (χ0n) is 11.3. The van der Waals surface area contributed by atoms with Crippen LogP contribution in [0.4, 0.5) is 0 Å². The third-order valence-corrected chi connectivity index (χ3v) is 2.76. The third-order valence-electron chi connectivity index (χ3n) is 2.76. The Balaban J connectivity index is 0.000000771. The maximum atomic E-state index is 8.84. The predicted molar refractivity (Wildman–Crippen MR) is 76.8 cm³/mol. The number of hydrogen-bond acceptors (Lipinski definition) is 1. The lowest BCUT2D eigenvalue weighted by molar-refractivity contribution is 0.288. The van der Waals surface area contributed by atoms with Gasteiger partial charge in [0.25, 0.3) is 0 Å². The number of H-pyrrole nitrogens is 1. The van der Waals surface area contributed by atoms with E-state index in [0.717, 1.165) is 19.3 Å². The monoisotopic (exact) mass is 245 g/mol. The maximum absolute atomic E-state index is 8.84. The smallest absolute Gasteiger partial charge is 0.0434 e. The van der Waals surface area contributed by atoms with Gasteiger partial charge in [0, 0.05) is 24.9 Å². The number of rotatable bonds is 5. The first-order chi connectivity index (χ1) is 8.90. The van der Waals surface area contributed by atoms with Crippen LogP contribution in [0.1, 0.15) is 37.1 Å². The number of aliphatic hydroxyl groups excluding tert-OH is 1. The fraction of sp³-hybridized carbons (Fsp3) is 0.375. The van der Waals surface area contributed by atoms with Crippen molar-refractivity contribution in [2.24, 2.45) is 0 Å². The molecule has 2 heteroatoms. The molecule has 0 saturated carbocycles. The van der Waals surface area contributed by atoms with Crippen molar-refractivity contribution in [2.75, 3.05) is 6.61 Å². The van der Waals surface area contributed by atoms with E-state index in [2.05, 4.69) is 35.3 Å². The second-order valence-electron chi connectivity index (χ2n) is 3.97. The van der Waals surface area contributed by atoms with Gasteiger partial charge < -0.3 is 10.1 Å². The Hall–Kier alpha value is -1.54. The van der Waals surface area contributed by atoms with E-state index < -0.39 is 0 Å². The minimum Gasteiger partial charge on any atom is -0.396 e. The fourth-order valence-electron chi connectivity index (χ4n) is 1.90. The van der Waals surface area contributed by atoms with E-state index in [1.807, 2.05) is 26.1 Å². The van der Waals surface area contributed by atoms with Gasteiger partial charge in [-0.3, -0.25) is 0 Å². The first-order valence-electron chi connectivity index (χ1n) is 6.70. The van der Waals surface area contributed by atoms with Crippen LogP contribution in [-0.4, -0.2) is 16.7 Å². The van der Waals surface area contributed by atoms with E-state index in [-0.39, 0.29) is 6.61 Å². The molecule has 2 N–H and O–H groups in total. The highest BCUT2D eigenvalue weighted by molar-refractivity contribution is 5.28. The van der Waals surface area contributed by atoms with Crippen molar-refractivity contribution in [1.29, 1.82) is 0 Å². The van der Waals surface area contributed by atoms with Crippen molar-refractivity contribution in [1.82, 2.24) is 4.98 Å². The van der Waals surface area contributed by atoms with Crippen molar-refractivity contribution < 1.29 is 5.11 Å². The molecule has 0 radical (unpaired) electrons. The first-order valence-corrected chi connectivity index (χ1v) is 6.70. The van der Waals surface area contributed by atoms with Gasteiger partial charge in [0.2, 0.25) is 0 Å². The van der Waals surface area contributed by atoms with E-state index in [9.17, 15) is 0 Å². The van der Waals surface area contributed by atoms with Gasteiger partial charge in [-0.25, -0.2) is 0 Å². The normalized spacial score (nSPS) is 9.72. The Morgan fingerprint density at radius 1 is 1.06 bits per heavy atom. The molecule has 0 aliphatic heterocycles. The third kappa shape index (κ3) is 4.38. The van der Waals surface area contributed by atoms with Crippen molar-refractivity contribution >= 4 is 0 Å². The number of aryl methyl sites for hydroxylation is 1. The molecule has 1 aromatic carbocycles. The van der Waals surface area contributed by atoms with Crippen molar-refractivity contribution in [3.63, 3.8) is 0 Å². The van der Waals surface area contributed by atoms with Crippen LogP contribution in [-0.2, 0) is 12.8 Å². The van der Waals surface area contributed by atoms with Gasteiger partial charge >= 0.3 is 0 Å². The van der Waals surface area contributed by atoms with Crippen LogP contribution in [0.25, 0.3) is 0 Å². The lowest BCUT2D eigenvalue weighted by atomic mass is 10.0. The van der Waals surface area contributed by atoms with Crippen molar-refractivity contribution in [3.8, 4) is 0 Å². The number of aliphatic hydroxyl groups is 1. The molecule has 2 nitrogen and oxygen atoms in total. The van der Waals surface area contributed by atoms with Gasteiger partial charge in [0.1, 0.15) is 0 Å². The topological polar surface area (TPSA) is 36.0 Å². The number of benzene rings is 1. The van der Waals surface area contributed by atoms with Crippen molar-refractivity contribution in [3.05, 3.63) is 59.4 Å². The Morgan fingerprint density at radius 2 is 1.78 bits per heavy atom. The Bertz CT molecular complexity index is 420. The fourth-order valence-corrected chi connectivity index (χ4v) is 1.90. The molecule has 98 valence electrons. The number of hydrogen-bond donors (Lipinski definition) is 2. The summed E-state index contributed by atoms with van der Waals surface area (Å²) in [6, 6.07) is 12.5. The maximum Gasteiger partial charge on any atom is 0.0434 e. The van der Waals surface area contributed by atoms with Crippen LogP contribution in [0.3, 0.4) is 0 Å². The summed E-state index contributed by atoms with van der Waals surface area (Å²) in [7, 11) is 0. The number of aromatic nitrogens is 1. The molecule has 18 heavy (non-hydrogen) atoms. The van der Waals surface area contributed by atoms with E-state index in [0.29, 0.717) is 0 Å². The second-order valence-corrected chi connectivity index (χ2v) is 3.97. The molecule has 0 bridgehead atoms. The molecule has 0 aliphatic rings. The highest BCUT2D eigenvalue weighted by Crippen LogP contribution is 2.14. The summed E-state index contributed by atoms with van der Waals surface area (Å²) >= 11 is 0. The van der Waals surface area contributed by atoms with Crippen molar-refractivity contribution in [2.45, 2.75) is 33.1 Å². The predicted octanol–water partition coefficient (Wildman–Crippen LogP) is 3.56. The van der Waals surface area contributed by atoms with E-state index in [4.69, 9.17) is 5.11 Å². The van der Waals surface area contributed by atoms with Gasteiger partial charge in [0.15, 0.2) is 0 Å². The number of aromatic amines is 1. The standard InChI is InChI=1S/C14H17NO.C2H6/c16-10-4-7-13-8-9-15-14(13)11-12-5-2-1-3-6-12;1-2/h1-3,5-6,8-9,15-16H,4,7,10-11H2;1-2H3. The van der Waals surface area contributed by atoms with Gasteiger partial charge in [-0.2, -0.15) is 0 Å². The van der Waals surface area contributed by atoms with Crippen LogP contribution in [0.15, 0.2) is 42.6 Å². The largest absolute Gasteiger partial charge is 0.396 e. The molecule has 1 heterocycles. The quantitative estimate of drug-likeness (QED) is 0.830. The summed E-state index contributed by atoms with van der Waals surface area (Å²) in [5.41, 5.74) is 3.90. The molecule has 2 rings (SSSR count).